The van der Waals surface area contributed by atoms with Crippen molar-refractivity contribution in [3.63, 3.8) is 0 Å². The molecule has 2 aromatic carbocycles. The first-order valence-corrected chi connectivity index (χ1v) is 11.1. The van der Waals surface area contributed by atoms with E-state index >= 15 is 0 Å². The van der Waals surface area contributed by atoms with Crippen molar-refractivity contribution < 1.29 is 13.2 Å². The predicted octanol–water partition coefficient (Wildman–Crippen LogP) is 3.77. The van der Waals surface area contributed by atoms with Gasteiger partial charge in [0.2, 0.25) is 10.0 Å². The van der Waals surface area contributed by atoms with Crippen LogP contribution >= 0.6 is 0 Å². The SMILES string of the molecule is C[C@@H]1CCCN(S(=O)(=O)c2cccc(-c3nn(-c4ccccc4)cc3C=O)c2)C1. The molecule has 0 radical (unpaired) electrons. The van der Waals surface area contributed by atoms with Crippen molar-refractivity contribution in [2.75, 3.05) is 13.1 Å². The average molecular weight is 410 g/mol. The van der Waals surface area contributed by atoms with Gasteiger partial charge in [-0.25, -0.2) is 13.1 Å². The number of nitrogens with zero attached hydrogens (tertiary/aromatic N) is 3. The fraction of sp³-hybridized carbons (Fsp3) is 0.273. The van der Waals surface area contributed by atoms with Crippen LogP contribution in [0.3, 0.4) is 0 Å². The number of sulfonamides is 1. The van der Waals surface area contributed by atoms with Gasteiger partial charge in [-0.2, -0.15) is 9.40 Å². The molecule has 1 saturated heterocycles. The van der Waals surface area contributed by atoms with Gasteiger partial charge in [0.05, 0.1) is 16.1 Å². The van der Waals surface area contributed by atoms with Gasteiger partial charge in [0.1, 0.15) is 5.69 Å². The zero-order valence-electron chi connectivity index (χ0n) is 16.2. The van der Waals surface area contributed by atoms with E-state index in [1.807, 2.05) is 30.3 Å². The zero-order chi connectivity index (χ0) is 20.4. The molecule has 1 aliphatic heterocycles. The van der Waals surface area contributed by atoms with Crippen LogP contribution in [0.25, 0.3) is 16.9 Å². The van der Waals surface area contributed by atoms with Crippen molar-refractivity contribution in [2.45, 2.75) is 24.7 Å². The van der Waals surface area contributed by atoms with Gasteiger partial charge >= 0.3 is 0 Å². The summed E-state index contributed by atoms with van der Waals surface area (Å²) in [7, 11) is -3.58. The van der Waals surface area contributed by atoms with E-state index in [0.29, 0.717) is 35.8 Å². The Hall–Kier alpha value is -2.77. The lowest BCUT2D eigenvalue weighted by molar-refractivity contribution is 0.112. The smallest absolute Gasteiger partial charge is 0.243 e. The largest absolute Gasteiger partial charge is 0.298 e. The summed E-state index contributed by atoms with van der Waals surface area (Å²) in [5.74, 6) is 0.352. The molecule has 1 atom stereocenters. The third-order valence-electron chi connectivity index (χ3n) is 5.26. The van der Waals surface area contributed by atoms with Gasteiger partial charge in [0.15, 0.2) is 6.29 Å². The monoisotopic (exact) mass is 409 g/mol. The van der Waals surface area contributed by atoms with Crippen molar-refractivity contribution >= 4 is 16.3 Å². The maximum atomic E-state index is 13.1. The van der Waals surface area contributed by atoms with E-state index in [1.54, 1.807) is 39.4 Å². The Balaban J connectivity index is 1.72. The lowest BCUT2D eigenvalue weighted by atomic mass is 10.0. The molecule has 1 fully saturated rings. The Morgan fingerprint density at radius 2 is 1.90 bits per heavy atom. The average Bonchev–Trinajstić information content (AvgIpc) is 3.19. The fourth-order valence-electron chi connectivity index (χ4n) is 3.73. The van der Waals surface area contributed by atoms with Crippen LogP contribution in [0.1, 0.15) is 30.1 Å². The normalized spacial score (nSPS) is 17.9. The summed E-state index contributed by atoms with van der Waals surface area (Å²) in [5, 5.41) is 4.55. The van der Waals surface area contributed by atoms with Crippen LogP contribution < -0.4 is 0 Å². The molecule has 0 aliphatic carbocycles. The van der Waals surface area contributed by atoms with Crippen molar-refractivity contribution in [1.29, 1.82) is 0 Å². The summed E-state index contributed by atoms with van der Waals surface area (Å²) in [6.45, 7) is 3.15. The molecule has 7 heteroatoms. The molecule has 6 nitrogen and oxygen atoms in total. The van der Waals surface area contributed by atoms with E-state index in [1.165, 1.54) is 0 Å². The Morgan fingerprint density at radius 1 is 1.10 bits per heavy atom. The number of piperidine rings is 1. The summed E-state index contributed by atoms with van der Waals surface area (Å²) in [5.41, 5.74) is 2.31. The molecule has 29 heavy (non-hydrogen) atoms. The van der Waals surface area contributed by atoms with Crippen LogP contribution in [0.2, 0.25) is 0 Å². The minimum Gasteiger partial charge on any atom is -0.298 e. The molecule has 4 rings (SSSR count). The first kappa shape index (κ1) is 19.5. The van der Waals surface area contributed by atoms with Crippen molar-refractivity contribution in [3.8, 4) is 16.9 Å². The Morgan fingerprint density at radius 3 is 2.62 bits per heavy atom. The third-order valence-corrected chi connectivity index (χ3v) is 7.12. The van der Waals surface area contributed by atoms with E-state index in [2.05, 4.69) is 12.0 Å². The molecule has 0 bridgehead atoms. The molecule has 0 N–H and O–H groups in total. The van der Waals surface area contributed by atoms with E-state index in [9.17, 15) is 13.2 Å². The molecule has 1 aliphatic rings. The Labute approximate surface area is 170 Å². The van der Waals surface area contributed by atoms with Crippen LogP contribution in [0.4, 0.5) is 0 Å². The summed E-state index contributed by atoms with van der Waals surface area (Å²) in [6, 6.07) is 16.2. The molecule has 1 aromatic heterocycles. The number of para-hydroxylation sites is 1. The number of benzene rings is 2. The zero-order valence-corrected chi connectivity index (χ0v) is 17.0. The number of hydrogen-bond acceptors (Lipinski definition) is 4. The van der Waals surface area contributed by atoms with E-state index in [4.69, 9.17) is 0 Å². The quantitative estimate of drug-likeness (QED) is 0.602. The first-order chi connectivity index (χ1) is 14.0. The van der Waals surface area contributed by atoms with Crippen LogP contribution in [0, 0.1) is 5.92 Å². The van der Waals surface area contributed by atoms with Gasteiger partial charge in [-0.05, 0) is 43.0 Å². The lowest BCUT2D eigenvalue weighted by Crippen LogP contribution is -2.39. The summed E-state index contributed by atoms with van der Waals surface area (Å²) >= 11 is 0. The minimum absolute atomic E-state index is 0.232. The second-order valence-corrected chi connectivity index (χ2v) is 9.41. The highest BCUT2D eigenvalue weighted by atomic mass is 32.2. The molecule has 0 saturated carbocycles. The van der Waals surface area contributed by atoms with Gasteiger partial charge in [-0.1, -0.05) is 37.3 Å². The summed E-state index contributed by atoms with van der Waals surface area (Å²) in [4.78, 5) is 11.9. The minimum atomic E-state index is -3.58. The number of aromatic nitrogens is 2. The molecule has 150 valence electrons. The molecule has 0 amide bonds. The number of aldehydes is 1. The highest BCUT2D eigenvalue weighted by Crippen LogP contribution is 2.28. The van der Waals surface area contributed by atoms with Crippen LogP contribution in [0.15, 0.2) is 65.7 Å². The summed E-state index contributed by atoms with van der Waals surface area (Å²) < 4.78 is 29.4. The van der Waals surface area contributed by atoms with Gasteiger partial charge in [-0.15, -0.1) is 0 Å². The molecular formula is C22H23N3O3S. The fourth-order valence-corrected chi connectivity index (χ4v) is 5.37. The number of carbonyl (C=O) groups is 1. The van der Waals surface area contributed by atoms with Gasteiger partial charge in [0, 0.05) is 24.8 Å². The van der Waals surface area contributed by atoms with Crippen LogP contribution in [-0.2, 0) is 10.0 Å². The van der Waals surface area contributed by atoms with Crippen LogP contribution in [-0.4, -0.2) is 41.9 Å². The van der Waals surface area contributed by atoms with Crippen LogP contribution in [0.5, 0.6) is 0 Å². The first-order valence-electron chi connectivity index (χ1n) is 9.70. The highest BCUT2D eigenvalue weighted by Gasteiger charge is 2.29. The van der Waals surface area contributed by atoms with Gasteiger partial charge < -0.3 is 0 Å². The highest BCUT2D eigenvalue weighted by molar-refractivity contribution is 7.89. The Kier molecular flexibility index (Phi) is 5.34. The molecule has 0 unspecified atom stereocenters. The maximum Gasteiger partial charge on any atom is 0.243 e. The van der Waals surface area contributed by atoms with E-state index in [0.717, 1.165) is 24.8 Å². The second-order valence-electron chi connectivity index (χ2n) is 7.47. The molecular weight excluding hydrogens is 386 g/mol. The molecule has 2 heterocycles. The van der Waals surface area contributed by atoms with E-state index in [-0.39, 0.29) is 4.90 Å². The third kappa shape index (κ3) is 3.88. The summed E-state index contributed by atoms with van der Waals surface area (Å²) in [6.07, 6.45) is 4.32. The maximum absolute atomic E-state index is 13.1. The van der Waals surface area contributed by atoms with Gasteiger partial charge in [-0.3, -0.25) is 4.79 Å². The Bertz CT molecular complexity index is 1120. The van der Waals surface area contributed by atoms with Crippen molar-refractivity contribution in [1.82, 2.24) is 14.1 Å². The topological polar surface area (TPSA) is 72.3 Å². The number of carbonyl (C=O) groups excluding carboxylic acids is 1. The molecule has 3 aromatic rings. The van der Waals surface area contributed by atoms with Crippen molar-refractivity contribution in [3.05, 3.63) is 66.4 Å². The number of hydrogen-bond donors (Lipinski definition) is 0. The predicted molar refractivity (Wildman–Crippen MR) is 112 cm³/mol. The van der Waals surface area contributed by atoms with Crippen molar-refractivity contribution in [2.24, 2.45) is 5.92 Å². The second kappa shape index (κ2) is 7.93. The van der Waals surface area contributed by atoms with E-state index < -0.39 is 10.0 Å². The number of rotatable bonds is 5. The standard InChI is InChI=1S/C22H23N3O3S/c1-17-7-6-12-24(14-17)29(27,28)21-11-5-8-18(13-21)22-19(16-26)15-25(23-22)20-9-3-2-4-10-20/h2-5,8-11,13,15-17H,6-7,12,14H2,1H3/t17-/m1/s1. The lowest BCUT2D eigenvalue weighted by Gasteiger charge is -2.30. The van der Waals surface area contributed by atoms with Gasteiger partial charge in [0.25, 0.3) is 0 Å². The molecule has 0 spiro atoms.